The molecule has 2 N–H and O–H groups in total. The Hall–Kier alpha value is -0.760. The summed E-state index contributed by atoms with van der Waals surface area (Å²) in [5, 5.41) is 10.8. The molecular formula is C10H17ClN4O2S. The number of nitro groups is 1. The van der Waals surface area contributed by atoms with Gasteiger partial charge in [-0.25, -0.2) is 4.98 Å². The Bertz CT molecular complexity index is 424. The maximum Gasteiger partial charge on any atom is 0.281 e. The van der Waals surface area contributed by atoms with Crippen LogP contribution in [0.5, 0.6) is 0 Å². The van der Waals surface area contributed by atoms with Crippen LogP contribution >= 0.6 is 22.9 Å². The Labute approximate surface area is 115 Å². The van der Waals surface area contributed by atoms with Gasteiger partial charge in [0.25, 0.3) is 6.17 Å². The van der Waals surface area contributed by atoms with E-state index >= 15 is 0 Å². The van der Waals surface area contributed by atoms with Gasteiger partial charge in [0, 0.05) is 22.5 Å². The summed E-state index contributed by atoms with van der Waals surface area (Å²) in [5.41, 5.74) is 4.91. The van der Waals surface area contributed by atoms with Crippen LogP contribution in [-0.4, -0.2) is 33.1 Å². The summed E-state index contributed by atoms with van der Waals surface area (Å²) in [6.07, 6.45) is 0.546. The Morgan fingerprint density at radius 3 is 2.72 bits per heavy atom. The molecule has 1 aromatic heterocycles. The fourth-order valence-corrected chi connectivity index (χ4v) is 2.71. The van der Waals surface area contributed by atoms with Gasteiger partial charge < -0.3 is 0 Å². The number of hydrogen-bond donors (Lipinski definition) is 1. The third kappa shape index (κ3) is 3.38. The van der Waals surface area contributed by atoms with Crippen molar-refractivity contribution in [3.8, 4) is 0 Å². The topological polar surface area (TPSA) is 85.3 Å². The smallest absolute Gasteiger partial charge is 0.281 e. The average molecular weight is 293 g/mol. The molecule has 0 aliphatic rings. The summed E-state index contributed by atoms with van der Waals surface area (Å²) in [5.74, 6) is 0. The summed E-state index contributed by atoms with van der Waals surface area (Å²) >= 11 is 7.14. The van der Waals surface area contributed by atoms with Gasteiger partial charge in [0.1, 0.15) is 0 Å². The molecule has 0 saturated carbocycles. The minimum atomic E-state index is -1.14. The van der Waals surface area contributed by atoms with E-state index in [1.807, 2.05) is 11.8 Å². The minimum absolute atomic E-state index is 0.456. The first-order valence-electron chi connectivity index (χ1n) is 5.53. The molecule has 0 fully saturated rings. The molecule has 0 bridgehead atoms. The zero-order chi connectivity index (χ0) is 13.9. The molecule has 0 aliphatic carbocycles. The highest BCUT2D eigenvalue weighted by Gasteiger charge is 2.40. The van der Waals surface area contributed by atoms with Crippen molar-refractivity contribution in [2.24, 2.45) is 5.73 Å². The van der Waals surface area contributed by atoms with Crippen LogP contribution in [0.3, 0.4) is 0 Å². The maximum absolute atomic E-state index is 10.8. The number of nitrogens with two attached hydrogens (primary N) is 1. The number of thiazole rings is 1. The maximum atomic E-state index is 10.8. The molecule has 102 valence electrons. The standard InChI is InChI=1S/C10H17ClN4O2S/c1-4-14(6-7-5-13-9(11)18-7)10(2,3)8(12)15(16)17/h5,8H,4,6,12H2,1-3H3. The lowest BCUT2D eigenvalue weighted by atomic mass is 9.99. The summed E-state index contributed by atoms with van der Waals surface area (Å²) in [4.78, 5) is 17.3. The van der Waals surface area contributed by atoms with Gasteiger partial charge in [-0.05, 0) is 20.4 Å². The zero-order valence-corrected chi connectivity index (χ0v) is 12.2. The fourth-order valence-electron chi connectivity index (χ4n) is 1.71. The van der Waals surface area contributed by atoms with Crippen molar-refractivity contribution in [3.05, 3.63) is 25.7 Å². The molecule has 18 heavy (non-hydrogen) atoms. The van der Waals surface area contributed by atoms with E-state index in [2.05, 4.69) is 4.98 Å². The van der Waals surface area contributed by atoms with E-state index in [9.17, 15) is 10.1 Å². The van der Waals surface area contributed by atoms with E-state index in [4.69, 9.17) is 17.3 Å². The highest BCUT2D eigenvalue weighted by Crippen LogP contribution is 2.25. The van der Waals surface area contributed by atoms with Crippen molar-refractivity contribution >= 4 is 22.9 Å². The third-order valence-electron chi connectivity index (χ3n) is 3.02. The molecule has 1 aromatic rings. The molecular weight excluding hydrogens is 276 g/mol. The van der Waals surface area contributed by atoms with E-state index in [1.54, 1.807) is 20.0 Å². The van der Waals surface area contributed by atoms with E-state index in [-0.39, 0.29) is 0 Å². The Kier molecular flexibility index (Phi) is 5.03. The van der Waals surface area contributed by atoms with Crippen molar-refractivity contribution in [3.63, 3.8) is 0 Å². The quantitative estimate of drug-likeness (QED) is 0.492. The molecule has 6 nitrogen and oxygen atoms in total. The molecule has 1 unspecified atom stereocenters. The molecule has 1 heterocycles. The van der Waals surface area contributed by atoms with Crippen molar-refractivity contribution in [2.45, 2.75) is 39.0 Å². The monoisotopic (exact) mass is 292 g/mol. The van der Waals surface area contributed by atoms with Gasteiger partial charge in [-0.2, -0.15) is 0 Å². The first kappa shape index (κ1) is 15.3. The highest BCUT2D eigenvalue weighted by molar-refractivity contribution is 7.15. The molecule has 8 heteroatoms. The Balaban J connectivity index is 2.85. The van der Waals surface area contributed by atoms with E-state index < -0.39 is 16.6 Å². The third-order valence-corrected chi connectivity index (χ3v) is 4.12. The second-order valence-electron chi connectivity index (χ2n) is 4.48. The first-order valence-corrected chi connectivity index (χ1v) is 6.72. The van der Waals surface area contributed by atoms with Crippen LogP contribution in [0.4, 0.5) is 0 Å². The average Bonchev–Trinajstić information content (AvgIpc) is 2.70. The van der Waals surface area contributed by atoms with Crippen molar-refractivity contribution < 1.29 is 4.92 Å². The number of likely N-dealkylation sites (N-methyl/N-ethyl adjacent to an activating group) is 1. The number of aromatic nitrogens is 1. The molecule has 1 atom stereocenters. The lowest BCUT2D eigenvalue weighted by Crippen LogP contribution is -2.58. The number of nitrogens with zero attached hydrogens (tertiary/aromatic N) is 3. The predicted molar refractivity (Wildman–Crippen MR) is 72.3 cm³/mol. The minimum Gasteiger partial charge on any atom is -0.286 e. The molecule has 0 spiro atoms. The van der Waals surface area contributed by atoms with E-state index in [1.165, 1.54) is 11.3 Å². The van der Waals surface area contributed by atoms with Crippen LogP contribution in [-0.2, 0) is 6.54 Å². The lowest BCUT2D eigenvalue weighted by molar-refractivity contribution is -0.537. The summed E-state index contributed by atoms with van der Waals surface area (Å²) in [6.45, 7) is 6.69. The van der Waals surface area contributed by atoms with Crippen molar-refractivity contribution in [1.82, 2.24) is 9.88 Å². The van der Waals surface area contributed by atoms with Crippen molar-refractivity contribution in [2.75, 3.05) is 6.54 Å². The molecule has 1 rings (SSSR count). The van der Waals surface area contributed by atoms with Gasteiger partial charge in [0.2, 0.25) is 0 Å². The fraction of sp³-hybridized carbons (Fsp3) is 0.700. The summed E-state index contributed by atoms with van der Waals surface area (Å²) in [7, 11) is 0. The van der Waals surface area contributed by atoms with Crippen molar-refractivity contribution in [1.29, 1.82) is 0 Å². The van der Waals surface area contributed by atoms with Gasteiger partial charge in [-0.15, -0.1) is 11.3 Å². The molecule has 0 aromatic carbocycles. The van der Waals surface area contributed by atoms with Gasteiger partial charge in [-0.3, -0.25) is 20.7 Å². The van der Waals surface area contributed by atoms with E-state index in [0.717, 1.165) is 4.88 Å². The largest absolute Gasteiger partial charge is 0.286 e. The number of halogens is 1. The second kappa shape index (κ2) is 5.92. The van der Waals surface area contributed by atoms with Crippen LogP contribution in [0.15, 0.2) is 6.20 Å². The predicted octanol–water partition coefficient (Wildman–Crippen LogP) is 1.96. The van der Waals surface area contributed by atoms with Crippen LogP contribution in [0.2, 0.25) is 4.47 Å². The van der Waals surface area contributed by atoms with Crippen LogP contribution in [0, 0.1) is 10.1 Å². The summed E-state index contributed by atoms with van der Waals surface area (Å²) in [6, 6.07) is 0. The van der Waals surface area contributed by atoms with Gasteiger partial charge in [-0.1, -0.05) is 18.5 Å². The van der Waals surface area contributed by atoms with Crippen LogP contribution in [0.25, 0.3) is 0 Å². The Morgan fingerprint density at radius 2 is 2.33 bits per heavy atom. The molecule has 0 radical (unpaired) electrons. The van der Waals surface area contributed by atoms with Gasteiger partial charge in [0.05, 0.1) is 5.54 Å². The first-order chi connectivity index (χ1) is 8.28. The second-order valence-corrected chi connectivity index (χ2v) is 6.17. The SMILES string of the molecule is CCN(Cc1cnc(Cl)s1)C(C)(C)C(N)[N+](=O)[O-]. The molecule has 0 amide bonds. The van der Waals surface area contributed by atoms with E-state index in [0.29, 0.717) is 17.6 Å². The Morgan fingerprint density at radius 1 is 1.72 bits per heavy atom. The zero-order valence-electron chi connectivity index (χ0n) is 10.6. The number of hydrogen-bond acceptors (Lipinski definition) is 6. The van der Waals surface area contributed by atoms with Gasteiger partial charge >= 0.3 is 0 Å². The normalized spacial score (nSPS) is 13.9. The highest BCUT2D eigenvalue weighted by atomic mass is 35.5. The number of rotatable bonds is 6. The van der Waals surface area contributed by atoms with Crippen LogP contribution in [0.1, 0.15) is 25.6 Å². The van der Waals surface area contributed by atoms with Crippen LogP contribution < -0.4 is 5.73 Å². The molecule has 0 saturated heterocycles. The van der Waals surface area contributed by atoms with Gasteiger partial charge in [0.15, 0.2) is 4.47 Å². The lowest BCUT2D eigenvalue weighted by Gasteiger charge is -2.37. The summed E-state index contributed by atoms with van der Waals surface area (Å²) < 4.78 is 0.470. The molecule has 0 aliphatic heterocycles.